The molecule has 0 aliphatic carbocycles. The highest BCUT2D eigenvalue weighted by molar-refractivity contribution is 5.85. The van der Waals surface area contributed by atoms with Crippen LogP contribution in [0, 0.1) is 18.7 Å². The van der Waals surface area contributed by atoms with Crippen molar-refractivity contribution in [2.24, 2.45) is 5.92 Å². The lowest BCUT2D eigenvalue weighted by molar-refractivity contribution is 0.128. The van der Waals surface area contributed by atoms with Crippen LogP contribution in [0.15, 0.2) is 18.2 Å². The molecule has 1 unspecified atom stereocenters. The van der Waals surface area contributed by atoms with Gasteiger partial charge >= 0.3 is 0 Å². The summed E-state index contributed by atoms with van der Waals surface area (Å²) in [6.45, 7) is 10.5. The number of piperazine rings is 1. The minimum atomic E-state index is -0.0825. The Morgan fingerprint density at radius 2 is 1.86 bits per heavy atom. The van der Waals surface area contributed by atoms with Gasteiger partial charge in [0.2, 0.25) is 0 Å². The van der Waals surface area contributed by atoms with E-state index in [1.807, 2.05) is 13.0 Å². The molecule has 0 bridgehead atoms. The van der Waals surface area contributed by atoms with Gasteiger partial charge in [0.1, 0.15) is 5.82 Å². The zero-order valence-electron chi connectivity index (χ0n) is 13.1. The van der Waals surface area contributed by atoms with Crippen LogP contribution in [0.3, 0.4) is 0 Å². The minimum absolute atomic E-state index is 0. The molecule has 1 heterocycles. The van der Waals surface area contributed by atoms with Crippen molar-refractivity contribution in [3.05, 3.63) is 35.1 Å². The molecule has 1 N–H and O–H groups in total. The first kappa shape index (κ1) is 20.6. The highest BCUT2D eigenvalue weighted by Gasteiger charge is 2.26. The zero-order chi connectivity index (χ0) is 13.8. The highest BCUT2D eigenvalue weighted by atomic mass is 35.5. The van der Waals surface area contributed by atoms with Crippen molar-refractivity contribution < 1.29 is 4.39 Å². The molecule has 0 saturated carbocycles. The third kappa shape index (κ3) is 5.10. The van der Waals surface area contributed by atoms with Gasteiger partial charge in [-0.25, -0.2) is 4.39 Å². The molecule has 0 spiro atoms. The predicted octanol–water partition coefficient (Wildman–Crippen LogP) is 3.97. The number of benzene rings is 1. The first-order valence-corrected chi connectivity index (χ1v) is 7.34. The smallest absolute Gasteiger partial charge is 0.126 e. The number of halogens is 3. The van der Waals surface area contributed by atoms with E-state index in [0.717, 1.165) is 43.7 Å². The third-order valence-electron chi connectivity index (χ3n) is 4.27. The molecule has 122 valence electrons. The number of nitrogens with zero attached hydrogens (tertiary/aromatic N) is 1. The summed E-state index contributed by atoms with van der Waals surface area (Å²) in [5.74, 6) is 0.459. The summed E-state index contributed by atoms with van der Waals surface area (Å²) >= 11 is 0. The Labute approximate surface area is 140 Å². The largest absolute Gasteiger partial charge is 0.314 e. The molecule has 5 heteroatoms. The van der Waals surface area contributed by atoms with Crippen LogP contribution >= 0.6 is 24.8 Å². The van der Waals surface area contributed by atoms with E-state index in [-0.39, 0.29) is 30.6 Å². The highest BCUT2D eigenvalue weighted by Crippen LogP contribution is 2.31. The average Bonchev–Trinajstić information content (AvgIpc) is 2.44. The molecule has 1 fully saturated rings. The second-order valence-corrected chi connectivity index (χ2v) is 5.62. The van der Waals surface area contributed by atoms with Crippen LogP contribution in [-0.4, -0.2) is 31.1 Å². The van der Waals surface area contributed by atoms with Crippen molar-refractivity contribution in [1.29, 1.82) is 0 Å². The Kier molecular flexibility index (Phi) is 9.46. The maximum Gasteiger partial charge on any atom is 0.126 e. The van der Waals surface area contributed by atoms with E-state index < -0.39 is 0 Å². The van der Waals surface area contributed by atoms with Crippen molar-refractivity contribution in [3.8, 4) is 0 Å². The molecule has 1 aliphatic heterocycles. The van der Waals surface area contributed by atoms with Crippen molar-refractivity contribution in [2.45, 2.75) is 33.2 Å². The Morgan fingerprint density at radius 3 is 2.38 bits per heavy atom. The van der Waals surface area contributed by atoms with Crippen molar-refractivity contribution in [2.75, 3.05) is 26.2 Å². The van der Waals surface area contributed by atoms with Crippen LogP contribution < -0.4 is 5.32 Å². The van der Waals surface area contributed by atoms with Gasteiger partial charge in [-0.2, -0.15) is 0 Å². The number of hydrogen-bond acceptors (Lipinski definition) is 2. The van der Waals surface area contributed by atoms with E-state index in [2.05, 4.69) is 30.1 Å². The van der Waals surface area contributed by atoms with E-state index in [1.165, 1.54) is 0 Å². The molecule has 1 saturated heterocycles. The molecule has 2 rings (SSSR count). The van der Waals surface area contributed by atoms with E-state index in [9.17, 15) is 4.39 Å². The molecular formula is C16H27Cl2FN2. The van der Waals surface area contributed by atoms with Gasteiger partial charge in [0.05, 0.1) is 0 Å². The second-order valence-electron chi connectivity index (χ2n) is 5.62. The molecule has 21 heavy (non-hydrogen) atoms. The molecule has 2 atom stereocenters. The van der Waals surface area contributed by atoms with Gasteiger partial charge in [0.15, 0.2) is 0 Å². The fourth-order valence-electron chi connectivity index (χ4n) is 2.88. The molecule has 0 radical (unpaired) electrons. The number of rotatable bonds is 4. The average molecular weight is 337 g/mol. The van der Waals surface area contributed by atoms with Gasteiger partial charge in [0, 0.05) is 32.2 Å². The SMILES string of the molecule is CCC(C)[C@H](c1ccc(C)c(F)c1)N1CCNCC1.Cl.Cl. The number of nitrogens with one attached hydrogen (secondary N) is 1. The fourth-order valence-corrected chi connectivity index (χ4v) is 2.88. The van der Waals surface area contributed by atoms with Gasteiger partial charge < -0.3 is 5.32 Å². The van der Waals surface area contributed by atoms with Crippen LogP contribution in [0.25, 0.3) is 0 Å². The van der Waals surface area contributed by atoms with E-state index >= 15 is 0 Å². The molecule has 0 amide bonds. The lowest BCUT2D eigenvalue weighted by Gasteiger charge is -2.38. The van der Waals surface area contributed by atoms with E-state index in [0.29, 0.717) is 12.0 Å². The zero-order valence-corrected chi connectivity index (χ0v) is 14.7. The van der Waals surface area contributed by atoms with Crippen LogP contribution in [0.5, 0.6) is 0 Å². The molecule has 2 nitrogen and oxygen atoms in total. The number of aryl methyl sites for hydroxylation is 1. The summed E-state index contributed by atoms with van der Waals surface area (Å²) in [6.07, 6.45) is 1.12. The van der Waals surface area contributed by atoms with E-state index in [4.69, 9.17) is 0 Å². The van der Waals surface area contributed by atoms with Crippen LogP contribution in [-0.2, 0) is 0 Å². The Bertz CT molecular complexity index is 423. The minimum Gasteiger partial charge on any atom is -0.314 e. The van der Waals surface area contributed by atoms with Crippen molar-refractivity contribution in [1.82, 2.24) is 10.2 Å². The molecule has 1 aromatic rings. The summed E-state index contributed by atoms with van der Waals surface area (Å²) in [7, 11) is 0. The standard InChI is InChI=1S/C16H25FN2.2ClH/c1-4-12(2)16(19-9-7-18-8-10-19)14-6-5-13(3)15(17)11-14;;/h5-6,11-12,16,18H,4,7-10H2,1-3H3;2*1H/t12?,16-;;/m1../s1. The first-order chi connectivity index (χ1) is 9.13. The lowest BCUT2D eigenvalue weighted by atomic mass is 9.90. The summed E-state index contributed by atoms with van der Waals surface area (Å²) in [5.41, 5.74) is 1.85. The maximum absolute atomic E-state index is 13.8. The monoisotopic (exact) mass is 336 g/mol. The van der Waals surface area contributed by atoms with Crippen LogP contribution in [0.2, 0.25) is 0 Å². The molecule has 1 aromatic carbocycles. The van der Waals surface area contributed by atoms with Crippen molar-refractivity contribution in [3.63, 3.8) is 0 Å². The third-order valence-corrected chi connectivity index (χ3v) is 4.27. The normalized spacial score (nSPS) is 18.3. The number of hydrogen-bond donors (Lipinski definition) is 1. The quantitative estimate of drug-likeness (QED) is 0.894. The molecule has 0 aromatic heterocycles. The Morgan fingerprint density at radius 1 is 1.24 bits per heavy atom. The van der Waals surface area contributed by atoms with Gasteiger partial charge in [0.25, 0.3) is 0 Å². The van der Waals surface area contributed by atoms with Crippen molar-refractivity contribution >= 4 is 24.8 Å². The molecule has 1 aliphatic rings. The maximum atomic E-state index is 13.8. The molecular weight excluding hydrogens is 310 g/mol. The van der Waals surface area contributed by atoms with Gasteiger partial charge in [-0.3, -0.25) is 4.90 Å². The first-order valence-electron chi connectivity index (χ1n) is 7.34. The Balaban J connectivity index is 0.00000200. The predicted molar refractivity (Wildman–Crippen MR) is 92.3 cm³/mol. The van der Waals surface area contributed by atoms with Crippen LogP contribution in [0.1, 0.15) is 37.4 Å². The summed E-state index contributed by atoms with van der Waals surface area (Å²) in [4.78, 5) is 2.49. The van der Waals surface area contributed by atoms with Gasteiger partial charge in [-0.05, 0) is 30.0 Å². The van der Waals surface area contributed by atoms with Gasteiger partial charge in [-0.15, -0.1) is 24.8 Å². The summed E-state index contributed by atoms with van der Waals surface area (Å²) in [5, 5.41) is 3.38. The lowest BCUT2D eigenvalue weighted by Crippen LogP contribution is -2.46. The van der Waals surface area contributed by atoms with Crippen LogP contribution in [0.4, 0.5) is 4.39 Å². The second kappa shape index (κ2) is 9.62. The van der Waals surface area contributed by atoms with E-state index in [1.54, 1.807) is 6.07 Å². The topological polar surface area (TPSA) is 15.3 Å². The van der Waals surface area contributed by atoms with Gasteiger partial charge in [-0.1, -0.05) is 32.4 Å². The Hall–Kier alpha value is -0.350. The summed E-state index contributed by atoms with van der Waals surface area (Å²) < 4.78 is 13.8. The fraction of sp³-hybridized carbons (Fsp3) is 0.625. The summed E-state index contributed by atoms with van der Waals surface area (Å²) in [6, 6.07) is 6.07.